The third-order valence-corrected chi connectivity index (χ3v) is 2.17. The van der Waals surface area contributed by atoms with Gasteiger partial charge in [0.15, 0.2) is 0 Å². The van der Waals surface area contributed by atoms with Crippen molar-refractivity contribution in [3.63, 3.8) is 0 Å². The molecular formula is C14H15Cl. The Hall–Kier alpha value is -1.27. The summed E-state index contributed by atoms with van der Waals surface area (Å²) in [6.45, 7) is 4.00. The van der Waals surface area contributed by atoms with Gasteiger partial charge in [0.25, 0.3) is 0 Å². The normalized spacial score (nSPS) is 9.00. The van der Waals surface area contributed by atoms with Gasteiger partial charge in [0.1, 0.15) is 0 Å². The summed E-state index contributed by atoms with van der Waals surface area (Å²) in [6, 6.07) is 18.1. The van der Waals surface area contributed by atoms with Crippen molar-refractivity contribution in [3.05, 3.63) is 59.6 Å². The molecule has 0 bridgehead atoms. The summed E-state index contributed by atoms with van der Waals surface area (Å²) in [7, 11) is 0. The van der Waals surface area contributed by atoms with E-state index in [1.807, 2.05) is 50.2 Å². The van der Waals surface area contributed by atoms with E-state index in [0.29, 0.717) is 0 Å². The van der Waals surface area contributed by atoms with E-state index in [9.17, 15) is 0 Å². The van der Waals surface area contributed by atoms with Gasteiger partial charge in [-0.2, -0.15) is 0 Å². The zero-order chi connectivity index (χ0) is 11.1. The molecule has 0 saturated carbocycles. The summed E-state index contributed by atoms with van der Waals surface area (Å²) >= 11 is 5.89. The Morgan fingerprint density at radius 2 is 1.33 bits per heavy atom. The molecule has 0 atom stereocenters. The number of hydrogen-bond donors (Lipinski definition) is 0. The molecule has 15 heavy (non-hydrogen) atoms. The summed E-state index contributed by atoms with van der Waals surface area (Å²) in [5, 5.41) is 0.779. The van der Waals surface area contributed by atoms with Crippen LogP contribution < -0.4 is 0 Å². The molecular weight excluding hydrogens is 204 g/mol. The largest absolute Gasteiger partial charge is 0.0843 e. The lowest BCUT2D eigenvalue weighted by Gasteiger charge is -2.00. The van der Waals surface area contributed by atoms with Gasteiger partial charge in [-0.15, -0.1) is 0 Å². The maximum atomic E-state index is 5.89. The van der Waals surface area contributed by atoms with Crippen molar-refractivity contribution in [2.45, 2.75) is 13.8 Å². The third kappa shape index (κ3) is 3.41. The Bertz CT molecular complexity index is 393. The van der Waals surface area contributed by atoms with E-state index in [4.69, 9.17) is 11.6 Å². The van der Waals surface area contributed by atoms with Crippen LogP contribution in [0, 0.1) is 0 Å². The topological polar surface area (TPSA) is 0 Å². The van der Waals surface area contributed by atoms with Crippen molar-refractivity contribution in [2.24, 2.45) is 0 Å². The van der Waals surface area contributed by atoms with Gasteiger partial charge in [-0.3, -0.25) is 0 Å². The SMILES string of the molecule is CC.Clc1cccc(-c2ccccc2)c1. The molecule has 0 spiro atoms. The Morgan fingerprint density at radius 1 is 0.733 bits per heavy atom. The molecule has 0 aliphatic rings. The van der Waals surface area contributed by atoms with Crippen molar-refractivity contribution in [2.75, 3.05) is 0 Å². The molecule has 1 heteroatoms. The smallest absolute Gasteiger partial charge is 0.0412 e. The Kier molecular flexibility index (Phi) is 4.92. The van der Waals surface area contributed by atoms with Crippen LogP contribution in [-0.4, -0.2) is 0 Å². The fourth-order valence-corrected chi connectivity index (χ4v) is 1.49. The number of rotatable bonds is 1. The molecule has 0 heterocycles. The zero-order valence-corrected chi connectivity index (χ0v) is 9.83. The lowest BCUT2D eigenvalue weighted by Crippen LogP contribution is -1.75. The molecule has 0 fully saturated rings. The van der Waals surface area contributed by atoms with Crippen molar-refractivity contribution < 1.29 is 0 Å². The molecule has 0 radical (unpaired) electrons. The summed E-state index contributed by atoms with van der Waals surface area (Å²) in [5.74, 6) is 0. The van der Waals surface area contributed by atoms with E-state index >= 15 is 0 Å². The standard InChI is InChI=1S/C12H9Cl.C2H6/c13-12-8-4-7-11(9-12)10-5-2-1-3-6-10;1-2/h1-9H;1-2H3. The lowest BCUT2D eigenvalue weighted by molar-refractivity contribution is 1.50. The van der Waals surface area contributed by atoms with Crippen LogP contribution in [0.3, 0.4) is 0 Å². The molecule has 2 aromatic carbocycles. The van der Waals surface area contributed by atoms with Crippen molar-refractivity contribution in [1.29, 1.82) is 0 Å². The highest BCUT2D eigenvalue weighted by Crippen LogP contribution is 2.21. The van der Waals surface area contributed by atoms with Crippen LogP contribution in [0.1, 0.15) is 13.8 Å². The molecule has 0 unspecified atom stereocenters. The van der Waals surface area contributed by atoms with Crippen molar-refractivity contribution >= 4 is 11.6 Å². The summed E-state index contributed by atoms with van der Waals surface area (Å²) in [4.78, 5) is 0. The second kappa shape index (κ2) is 6.26. The molecule has 2 aromatic rings. The van der Waals surface area contributed by atoms with Crippen LogP contribution in [-0.2, 0) is 0 Å². The number of halogens is 1. The third-order valence-electron chi connectivity index (χ3n) is 1.93. The van der Waals surface area contributed by atoms with Gasteiger partial charge < -0.3 is 0 Å². The first kappa shape index (κ1) is 11.8. The van der Waals surface area contributed by atoms with Crippen LogP contribution >= 0.6 is 11.6 Å². The molecule has 0 aliphatic carbocycles. The molecule has 0 aromatic heterocycles. The first-order chi connectivity index (χ1) is 7.36. The van der Waals surface area contributed by atoms with E-state index in [1.54, 1.807) is 0 Å². The summed E-state index contributed by atoms with van der Waals surface area (Å²) in [6.07, 6.45) is 0. The second-order valence-corrected chi connectivity index (χ2v) is 3.31. The lowest BCUT2D eigenvalue weighted by atomic mass is 10.1. The van der Waals surface area contributed by atoms with Gasteiger partial charge in [0.2, 0.25) is 0 Å². The first-order valence-corrected chi connectivity index (χ1v) is 5.55. The van der Waals surface area contributed by atoms with Crippen molar-refractivity contribution in [1.82, 2.24) is 0 Å². The molecule has 0 nitrogen and oxygen atoms in total. The van der Waals surface area contributed by atoms with Gasteiger partial charge >= 0.3 is 0 Å². The maximum Gasteiger partial charge on any atom is 0.0412 e. The van der Waals surface area contributed by atoms with Gasteiger partial charge in [-0.05, 0) is 23.3 Å². The monoisotopic (exact) mass is 218 g/mol. The van der Waals surface area contributed by atoms with E-state index in [-0.39, 0.29) is 0 Å². The fraction of sp³-hybridized carbons (Fsp3) is 0.143. The van der Waals surface area contributed by atoms with E-state index in [2.05, 4.69) is 18.2 Å². The van der Waals surface area contributed by atoms with E-state index in [0.717, 1.165) is 10.6 Å². The van der Waals surface area contributed by atoms with Gasteiger partial charge in [-0.25, -0.2) is 0 Å². The van der Waals surface area contributed by atoms with Gasteiger partial charge in [0, 0.05) is 5.02 Å². The molecule has 0 aliphatic heterocycles. The minimum absolute atomic E-state index is 0.779. The Morgan fingerprint density at radius 3 is 1.93 bits per heavy atom. The average molecular weight is 219 g/mol. The number of benzene rings is 2. The highest BCUT2D eigenvalue weighted by molar-refractivity contribution is 6.30. The fourth-order valence-electron chi connectivity index (χ4n) is 1.30. The minimum atomic E-state index is 0.779. The average Bonchev–Trinajstić information content (AvgIpc) is 2.33. The minimum Gasteiger partial charge on any atom is -0.0843 e. The summed E-state index contributed by atoms with van der Waals surface area (Å²) in [5.41, 5.74) is 2.36. The van der Waals surface area contributed by atoms with Gasteiger partial charge in [0.05, 0.1) is 0 Å². The molecule has 78 valence electrons. The van der Waals surface area contributed by atoms with Crippen LogP contribution in [0.5, 0.6) is 0 Å². The summed E-state index contributed by atoms with van der Waals surface area (Å²) < 4.78 is 0. The first-order valence-electron chi connectivity index (χ1n) is 5.17. The quantitative estimate of drug-likeness (QED) is 0.630. The molecule has 0 N–H and O–H groups in total. The highest BCUT2D eigenvalue weighted by atomic mass is 35.5. The maximum absolute atomic E-state index is 5.89. The predicted octanol–water partition coefficient (Wildman–Crippen LogP) is 5.03. The van der Waals surface area contributed by atoms with Crippen LogP contribution in [0.4, 0.5) is 0 Å². The van der Waals surface area contributed by atoms with E-state index < -0.39 is 0 Å². The molecule has 0 saturated heterocycles. The second-order valence-electron chi connectivity index (χ2n) is 2.88. The van der Waals surface area contributed by atoms with Crippen LogP contribution in [0.15, 0.2) is 54.6 Å². The number of hydrogen-bond acceptors (Lipinski definition) is 0. The Labute approximate surface area is 96.5 Å². The highest BCUT2D eigenvalue weighted by Gasteiger charge is 1.95. The molecule has 0 amide bonds. The van der Waals surface area contributed by atoms with Crippen LogP contribution in [0.2, 0.25) is 5.02 Å². The van der Waals surface area contributed by atoms with E-state index in [1.165, 1.54) is 5.56 Å². The zero-order valence-electron chi connectivity index (χ0n) is 9.07. The Balaban J connectivity index is 0.000000531. The predicted molar refractivity (Wildman–Crippen MR) is 68.2 cm³/mol. The van der Waals surface area contributed by atoms with Crippen molar-refractivity contribution in [3.8, 4) is 11.1 Å². The van der Waals surface area contributed by atoms with Gasteiger partial charge in [-0.1, -0.05) is 67.9 Å². The van der Waals surface area contributed by atoms with Crippen LogP contribution in [0.25, 0.3) is 11.1 Å². The molecule has 2 rings (SSSR count).